The fourth-order valence-electron chi connectivity index (χ4n) is 2.84. The molecule has 0 atom stereocenters. The Hall–Kier alpha value is -1.86. The summed E-state index contributed by atoms with van der Waals surface area (Å²) in [6, 6.07) is 7.72. The SMILES string of the molecule is CCCCCCOc1ccc(/C=C2\SC(=S)N(CCCC(=O)OCC)C2=O)cc1. The smallest absolute Gasteiger partial charge is 0.305 e. The normalized spacial score (nSPS) is 15.2. The molecular weight excluding hydrogens is 406 g/mol. The molecule has 0 radical (unpaired) electrons. The predicted molar refractivity (Wildman–Crippen MR) is 122 cm³/mol. The van der Waals surface area contributed by atoms with Crippen LogP contribution in [0.3, 0.4) is 0 Å². The summed E-state index contributed by atoms with van der Waals surface area (Å²) in [5.41, 5.74) is 0.926. The molecule has 1 saturated heterocycles. The summed E-state index contributed by atoms with van der Waals surface area (Å²) in [5, 5.41) is 0. The van der Waals surface area contributed by atoms with E-state index >= 15 is 0 Å². The van der Waals surface area contributed by atoms with E-state index in [2.05, 4.69) is 6.92 Å². The lowest BCUT2D eigenvalue weighted by molar-refractivity contribution is -0.143. The molecule has 7 heteroatoms. The Labute approximate surface area is 182 Å². The number of amides is 1. The molecule has 158 valence electrons. The van der Waals surface area contributed by atoms with E-state index in [9.17, 15) is 9.59 Å². The fraction of sp³-hybridized carbons (Fsp3) is 0.500. The first kappa shape index (κ1) is 23.4. The van der Waals surface area contributed by atoms with Crippen molar-refractivity contribution in [2.24, 2.45) is 0 Å². The van der Waals surface area contributed by atoms with Crippen LogP contribution in [0.25, 0.3) is 6.08 Å². The number of carbonyl (C=O) groups excluding carboxylic acids is 2. The lowest BCUT2D eigenvalue weighted by atomic mass is 10.2. The van der Waals surface area contributed by atoms with Crippen molar-refractivity contribution >= 4 is 46.3 Å². The van der Waals surface area contributed by atoms with Crippen molar-refractivity contribution in [3.05, 3.63) is 34.7 Å². The van der Waals surface area contributed by atoms with E-state index in [0.717, 1.165) is 24.3 Å². The number of hydrogen-bond acceptors (Lipinski definition) is 6. The summed E-state index contributed by atoms with van der Waals surface area (Å²) >= 11 is 6.62. The molecular formula is C22H29NO4S2. The third kappa shape index (κ3) is 7.82. The zero-order valence-electron chi connectivity index (χ0n) is 17.1. The van der Waals surface area contributed by atoms with Crippen molar-refractivity contribution in [1.29, 1.82) is 0 Å². The van der Waals surface area contributed by atoms with Gasteiger partial charge in [0.1, 0.15) is 10.1 Å². The molecule has 1 amide bonds. The molecule has 5 nitrogen and oxygen atoms in total. The average Bonchev–Trinajstić information content (AvgIpc) is 2.96. The van der Waals surface area contributed by atoms with Gasteiger partial charge in [0.25, 0.3) is 5.91 Å². The van der Waals surface area contributed by atoms with Crippen LogP contribution < -0.4 is 4.74 Å². The van der Waals surface area contributed by atoms with Gasteiger partial charge >= 0.3 is 5.97 Å². The highest BCUT2D eigenvalue weighted by Gasteiger charge is 2.31. The molecule has 0 unspecified atom stereocenters. The molecule has 1 aliphatic rings. The van der Waals surface area contributed by atoms with Gasteiger partial charge in [0.2, 0.25) is 0 Å². The first-order valence-electron chi connectivity index (χ1n) is 10.2. The minimum absolute atomic E-state index is 0.111. The highest BCUT2D eigenvalue weighted by Crippen LogP contribution is 2.33. The minimum atomic E-state index is -0.249. The Balaban J connectivity index is 1.85. The maximum atomic E-state index is 12.6. The first-order valence-corrected chi connectivity index (χ1v) is 11.4. The predicted octanol–water partition coefficient (Wildman–Crippen LogP) is 5.19. The van der Waals surface area contributed by atoms with Gasteiger partial charge in [-0.2, -0.15) is 0 Å². The van der Waals surface area contributed by atoms with Gasteiger partial charge in [0, 0.05) is 13.0 Å². The van der Waals surface area contributed by atoms with Crippen molar-refractivity contribution in [1.82, 2.24) is 4.90 Å². The minimum Gasteiger partial charge on any atom is -0.494 e. The van der Waals surface area contributed by atoms with Crippen LogP contribution in [0, 0.1) is 0 Å². The Kier molecular flexibility index (Phi) is 10.2. The summed E-state index contributed by atoms with van der Waals surface area (Å²) in [6.45, 7) is 5.48. The number of nitrogens with zero attached hydrogens (tertiary/aromatic N) is 1. The Morgan fingerprint density at radius 3 is 2.59 bits per heavy atom. The van der Waals surface area contributed by atoms with Crippen LogP contribution >= 0.6 is 24.0 Å². The lowest BCUT2D eigenvalue weighted by Gasteiger charge is -2.13. The summed E-state index contributed by atoms with van der Waals surface area (Å²) in [7, 11) is 0. The highest BCUT2D eigenvalue weighted by molar-refractivity contribution is 8.26. The van der Waals surface area contributed by atoms with Crippen molar-refractivity contribution in [2.45, 2.75) is 52.4 Å². The quantitative estimate of drug-likeness (QED) is 0.195. The van der Waals surface area contributed by atoms with Crippen molar-refractivity contribution in [3.63, 3.8) is 0 Å². The van der Waals surface area contributed by atoms with Crippen LogP contribution in [0.5, 0.6) is 5.75 Å². The van der Waals surface area contributed by atoms with Crippen molar-refractivity contribution in [2.75, 3.05) is 19.8 Å². The van der Waals surface area contributed by atoms with Crippen LogP contribution in [0.2, 0.25) is 0 Å². The third-order valence-corrected chi connectivity index (χ3v) is 5.76. The molecule has 1 aromatic rings. The molecule has 0 aromatic heterocycles. The number of benzene rings is 1. The Morgan fingerprint density at radius 1 is 1.14 bits per heavy atom. The Bertz CT molecular complexity index is 731. The average molecular weight is 436 g/mol. The van der Waals surface area contributed by atoms with Gasteiger partial charge in [-0.15, -0.1) is 0 Å². The highest BCUT2D eigenvalue weighted by atomic mass is 32.2. The number of carbonyl (C=O) groups is 2. The topological polar surface area (TPSA) is 55.8 Å². The molecule has 0 aliphatic carbocycles. The summed E-state index contributed by atoms with van der Waals surface area (Å²) < 4.78 is 11.2. The maximum Gasteiger partial charge on any atom is 0.305 e. The van der Waals surface area contributed by atoms with E-state index in [-0.39, 0.29) is 18.3 Å². The van der Waals surface area contributed by atoms with E-state index in [1.54, 1.807) is 11.8 Å². The van der Waals surface area contributed by atoms with Gasteiger partial charge < -0.3 is 9.47 Å². The van der Waals surface area contributed by atoms with Gasteiger partial charge in [-0.3, -0.25) is 14.5 Å². The van der Waals surface area contributed by atoms with E-state index < -0.39 is 0 Å². The summed E-state index contributed by atoms with van der Waals surface area (Å²) in [4.78, 5) is 26.2. The molecule has 0 saturated carbocycles. The Morgan fingerprint density at radius 2 is 1.90 bits per heavy atom. The largest absolute Gasteiger partial charge is 0.494 e. The van der Waals surface area contributed by atoms with E-state index in [1.807, 2.05) is 30.3 Å². The fourth-order valence-corrected chi connectivity index (χ4v) is 4.15. The van der Waals surface area contributed by atoms with Crippen LogP contribution in [0.15, 0.2) is 29.2 Å². The molecule has 29 heavy (non-hydrogen) atoms. The number of thiocarbonyl (C=S) groups is 1. The number of unbranched alkanes of at least 4 members (excludes halogenated alkanes) is 3. The molecule has 2 rings (SSSR count). The zero-order chi connectivity index (χ0) is 21.1. The number of rotatable bonds is 12. The molecule has 0 spiro atoms. The van der Waals surface area contributed by atoms with E-state index in [4.69, 9.17) is 21.7 Å². The number of thioether (sulfide) groups is 1. The maximum absolute atomic E-state index is 12.6. The molecule has 0 N–H and O–H groups in total. The van der Waals surface area contributed by atoms with Gasteiger partial charge in [0.15, 0.2) is 0 Å². The number of hydrogen-bond donors (Lipinski definition) is 0. The van der Waals surface area contributed by atoms with Gasteiger partial charge in [0.05, 0.1) is 18.1 Å². The molecule has 1 fully saturated rings. The van der Waals surface area contributed by atoms with Gasteiger partial charge in [-0.1, -0.05) is 62.3 Å². The summed E-state index contributed by atoms with van der Waals surface area (Å²) in [6.07, 6.45) is 7.36. The first-order chi connectivity index (χ1) is 14.0. The standard InChI is InChI=1S/C22H29NO4S2/c1-3-5-6-7-15-27-18-12-10-17(11-13-18)16-19-21(25)23(22(28)29-19)14-8-9-20(24)26-4-2/h10-13,16H,3-9,14-15H2,1-2H3/b19-16-. The van der Waals surface area contributed by atoms with Crippen molar-refractivity contribution < 1.29 is 19.1 Å². The van der Waals surface area contributed by atoms with E-state index in [1.165, 1.54) is 31.0 Å². The molecule has 1 aromatic carbocycles. The van der Waals surface area contributed by atoms with Gasteiger partial charge in [-0.25, -0.2) is 0 Å². The summed E-state index contributed by atoms with van der Waals surface area (Å²) in [5.74, 6) is 0.478. The second-order valence-electron chi connectivity index (χ2n) is 6.72. The van der Waals surface area contributed by atoms with Crippen LogP contribution in [0.4, 0.5) is 0 Å². The monoisotopic (exact) mass is 435 g/mol. The molecule has 0 bridgehead atoms. The second kappa shape index (κ2) is 12.6. The molecule has 1 heterocycles. The third-order valence-electron chi connectivity index (χ3n) is 4.39. The van der Waals surface area contributed by atoms with Crippen molar-refractivity contribution in [3.8, 4) is 5.75 Å². The van der Waals surface area contributed by atoms with Crippen LogP contribution in [-0.2, 0) is 14.3 Å². The van der Waals surface area contributed by atoms with E-state index in [0.29, 0.717) is 28.8 Å². The molecule has 1 aliphatic heterocycles. The van der Waals surface area contributed by atoms with Crippen LogP contribution in [-0.4, -0.2) is 40.9 Å². The zero-order valence-corrected chi connectivity index (χ0v) is 18.8. The number of esters is 1. The van der Waals surface area contributed by atoms with Crippen LogP contribution in [0.1, 0.15) is 57.9 Å². The van der Waals surface area contributed by atoms with Gasteiger partial charge in [-0.05, 0) is 43.5 Å². The lowest BCUT2D eigenvalue weighted by Crippen LogP contribution is -2.29. The second-order valence-corrected chi connectivity index (χ2v) is 8.40. The number of ether oxygens (including phenoxy) is 2.